The van der Waals surface area contributed by atoms with E-state index in [1.807, 2.05) is 30.3 Å². The molecule has 26 heavy (non-hydrogen) atoms. The molecular formula is C19H12Cl2N4O. The minimum Gasteiger partial charge on any atom is -0.340 e. The van der Waals surface area contributed by atoms with Gasteiger partial charge in [-0.1, -0.05) is 29.3 Å². The Balaban J connectivity index is 1.82. The van der Waals surface area contributed by atoms with E-state index in [1.54, 1.807) is 29.0 Å². The molecule has 0 amide bonds. The summed E-state index contributed by atoms with van der Waals surface area (Å²) in [7, 11) is 0. The molecule has 0 aliphatic carbocycles. The number of hydrogen-bond donors (Lipinski definition) is 1. The molecule has 2 aromatic heterocycles. The monoisotopic (exact) mass is 382 g/mol. The standard InChI is InChI=1S/C19H12Cl2N4O/c20-15-6-4-12(9-16(15)21)24-19-14-10-13(5-7-17(14)22-11-23-19)25-8-2-1-3-18(25)26/h1-11H,(H,22,23,24). The van der Waals surface area contributed by atoms with Crippen molar-refractivity contribution in [2.75, 3.05) is 5.32 Å². The molecule has 5 nitrogen and oxygen atoms in total. The third kappa shape index (κ3) is 3.14. The Hall–Kier alpha value is -2.89. The third-order valence-electron chi connectivity index (χ3n) is 3.90. The van der Waals surface area contributed by atoms with Gasteiger partial charge in [0.15, 0.2) is 0 Å². The average molecular weight is 383 g/mol. The van der Waals surface area contributed by atoms with Crippen LogP contribution in [0, 0.1) is 0 Å². The Labute approximate surface area is 158 Å². The molecular weight excluding hydrogens is 371 g/mol. The summed E-state index contributed by atoms with van der Waals surface area (Å²) in [6.07, 6.45) is 3.20. The predicted molar refractivity (Wildman–Crippen MR) is 105 cm³/mol. The van der Waals surface area contributed by atoms with Gasteiger partial charge in [-0.3, -0.25) is 9.36 Å². The van der Waals surface area contributed by atoms with Gasteiger partial charge >= 0.3 is 0 Å². The third-order valence-corrected chi connectivity index (χ3v) is 4.64. The van der Waals surface area contributed by atoms with Crippen LogP contribution in [0.15, 0.2) is 71.9 Å². The summed E-state index contributed by atoms with van der Waals surface area (Å²) in [5.74, 6) is 0.610. The van der Waals surface area contributed by atoms with Crippen LogP contribution in [-0.4, -0.2) is 14.5 Å². The number of halogens is 2. The summed E-state index contributed by atoms with van der Waals surface area (Å²) >= 11 is 12.0. The first-order valence-corrected chi connectivity index (χ1v) is 8.52. The van der Waals surface area contributed by atoms with E-state index in [2.05, 4.69) is 15.3 Å². The van der Waals surface area contributed by atoms with Gasteiger partial charge in [-0.05, 0) is 42.5 Å². The molecule has 0 atom stereocenters. The molecule has 2 aromatic carbocycles. The summed E-state index contributed by atoms with van der Waals surface area (Å²) in [4.78, 5) is 20.7. The highest BCUT2D eigenvalue weighted by Gasteiger charge is 2.08. The van der Waals surface area contributed by atoms with Gasteiger partial charge < -0.3 is 5.32 Å². The van der Waals surface area contributed by atoms with Crippen LogP contribution in [0.5, 0.6) is 0 Å². The Kier molecular flexibility index (Phi) is 4.32. The first kappa shape index (κ1) is 16.6. The van der Waals surface area contributed by atoms with Crippen molar-refractivity contribution in [3.63, 3.8) is 0 Å². The zero-order chi connectivity index (χ0) is 18.1. The quantitative estimate of drug-likeness (QED) is 0.551. The zero-order valence-electron chi connectivity index (χ0n) is 13.4. The van der Waals surface area contributed by atoms with E-state index < -0.39 is 0 Å². The van der Waals surface area contributed by atoms with Crippen molar-refractivity contribution in [3.8, 4) is 5.69 Å². The molecule has 2 heterocycles. The second kappa shape index (κ2) is 6.78. The molecule has 0 unspecified atom stereocenters. The number of pyridine rings is 1. The van der Waals surface area contributed by atoms with Gasteiger partial charge in [-0.15, -0.1) is 0 Å². The second-order valence-corrected chi connectivity index (χ2v) is 6.40. The van der Waals surface area contributed by atoms with E-state index in [-0.39, 0.29) is 5.56 Å². The van der Waals surface area contributed by atoms with Crippen molar-refractivity contribution in [3.05, 3.63) is 87.5 Å². The highest BCUT2D eigenvalue weighted by atomic mass is 35.5. The van der Waals surface area contributed by atoms with Crippen LogP contribution in [-0.2, 0) is 0 Å². The number of aromatic nitrogens is 3. The molecule has 0 radical (unpaired) electrons. The Morgan fingerprint density at radius 1 is 0.923 bits per heavy atom. The van der Waals surface area contributed by atoms with Gasteiger partial charge in [0.25, 0.3) is 5.56 Å². The number of benzene rings is 2. The van der Waals surface area contributed by atoms with E-state index >= 15 is 0 Å². The largest absolute Gasteiger partial charge is 0.340 e. The van der Waals surface area contributed by atoms with Crippen LogP contribution in [0.2, 0.25) is 10.0 Å². The van der Waals surface area contributed by atoms with Crippen molar-refractivity contribution >= 4 is 45.6 Å². The summed E-state index contributed by atoms with van der Waals surface area (Å²) in [5.41, 5.74) is 2.13. The fraction of sp³-hybridized carbons (Fsp3) is 0. The van der Waals surface area contributed by atoms with Crippen LogP contribution >= 0.6 is 23.2 Å². The molecule has 0 bridgehead atoms. The first-order valence-electron chi connectivity index (χ1n) is 7.77. The molecule has 4 aromatic rings. The van der Waals surface area contributed by atoms with E-state index in [4.69, 9.17) is 23.2 Å². The van der Waals surface area contributed by atoms with Gasteiger partial charge in [0.1, 0.15) is 12.1 Å². The van der Waals surface area contributed by atoms with Crippen LogP contribution in [0.1, 0.15) is 0 Å². The Bertz CT molecular complexity index is 1170. The minimum atomic E-state index is -0.109. The van der Waals surface area contributed by atoms with Gasteiger partial charge in [0.2, 0.25) is 0 Å². The van der Waals surface area contributed by atoms with Gasteiger partial charge in [-0.25, -0.2) is 9.97 Å². The van der Waals surface area contributed by atoms with Crippen LogP contribution in [0.4, 0.5) is 11.5 Å². The van der Waals surface area contributed by atoms with Crippen LogP contribution < -0.4 is 10.9 Å². The number of nitrogens with zero attached hydrogens (tertiary/aromatic N) is 3. The average Bonchev–Trinajstić information content (AvgIpc) is 2.65. The molecule has 0 aliphatic rings. The lowest BCUT2D eigenvalue weighted by atomic mass is 10.2. The van der Waals surface area contributed by atoms with Crippen molar-refractivity contribution in [1.82, 2.24) is 14.5 Å². The number of hydrogen-bond acceptors (Lipinski definition) is 4. The summed E-state index contributed by atoms with van der Waals surface area (Å²) in [6.45, 7) is 0. The molecule has 0 saturated carbocycles. The number of rotatable bonds is 3. The maximum atomic E-state index is 12.1. The molecule has 0 aliphatic heterocycles. The van der Waals surface area contributed by atoms with E-state index in [1.165, 1.54) is 12.4 Å². The summed E-state index contributed by atoms with van der Waals surface area (Å²) in [6, 6.07) is 15.9. The highest BCUT2D eigenvalue weighted by Crippen LogP contribution is 2.29. The van der Waals surface area contributed by atoms with E-state index in [0.717, 1.165) is 22.3 Å². The first-order chi connectivity index (χ1) is 12.6. The van der Waals surface area contributed by atoms with Crippen molar-refractivity contribution in [1.29, 1.82) is 0 Å². The lowest BCUT2D eigenvalue weighted by molar-refractivity contribution is 0.992. The molecule has 0 saturated heterocycles. The van der Waals surface area contributed by atoms with Crippen molar-refractivity contribution in [2.24, 2.45) is 0 Å². The van der Waals surface area contributed by atoms with Gasteiger partial charge in [-0.2, -0.15) is 0 Å². The van der Waals surface area contributed by atoms with Gasteiger partial charge in [0, 0.05) is 29.0 Å². The SMILES string of the molecule is O=c1ccccn1-c1ccc2ncnc(Nc3ccc(Cl)c(Cl)c3)c2c1. The number of fused-ring (bicyclic) bond motifs is 1. The van der Waals surface area contributed by atoms with Crippen molar-refractivity contribution < 1.29 is 0 Å². The zero-order valence-corrected chi connectivity index (χ0v) is 14.9. The fourth-order valence-electron chi connectivity index (χ4n) is 2.65. The maximum absolute atomic E-state index is 12.1. The Morgan fingerprint density at radius 3 is 2.62 bits per heavy atom. The molecule has 7 heteroatoms. The fourth-order valence-corrected chi connectivity index (χ4v) is 2.94. The van der Waals surface area contributed by atoms with Crippen LogP contribution in [0.3, 0.4) is 0 Å². The normalized spacial score (nSPS) is 10.8. The maximum Gasteiger partial charge on any atom is 0.255 e. The smallest absolute Gasteiger partial charge is 0.255 e. The second-order valence-electron chi connectivity index (χ2n) is 5.59. The summed E-state index contributed by atoms with van der Waals surface area (Å²) < 4.78 is 1.56. The lowest BCUT2D eigenvalue weighted by Crippen LogP contribution is -2.15. The van der Waals surface area contributed by atoms with Crippen molar-refractivity contribution in [2.45, 2.75) is 0 Å². The van der Waals surface area contributed by atoms with E-state index in [9.17, 15) is 4.79 Å². The molecule has 0 fully saturated rings. The molecule has 0 spiro atoms. The minimum absolute atomic E-state index is 0.109. The van der Waals surface area contributed by atoms with Gasteiger partial charge in [0.05, 0.1) is 15.6 Å². The lowest BCUT2D eigenvalue weighted by Gasteiger charge is -2.11. The topological polar surface area (TPSA) is 59.8 Å². The highest BCUT2D eigenvalue weighted by molar-refractivity contribution is 6.42. The van der Waals surface area contributed by atoms with Crippen LogP contribution in [0.25, 0.3) is 16.6 Å². The molecule has 4 rings (SSSR count). The van der Waals surface area contributed by atoms with E-state index in [0.29, 0.717) is 15.9 Å². The number of nitrogens with one attached hydrogen (secondary N) is 1. The summed E-state index contributed by atoms with van der Waals surface area (Å²) in [5, 5.41) is 4.94. The molecule has 1 N–H and O–H groups in total. The predicted octanol–water partition coefficient (Wildman–Crippen LogP) is 4.83. The number of anilines is 2. The Morgan fingerprint density at radius 2 is 1.81 bits per heavy atom. The molecule has 128 valence electrons.